The van der Waals surface area contributed by atoms with E-state index in [-0.39, 0.29) is 0 Å². The van der Waals surface area contributed by atoms with Crippen molar-refractivity contribution in [3.05, 3.63) is 119 Å². The van der Waals surface area contributed by atoms with Gasteiger partial charge < -0.3 is 0 Å². The van der Waals surface area contributed by atoms with E-state index in [0.29, 0.717) is 21.7 Å². The molecule has 0 nitrogen and oxygen atoms in total. The van der Waals surface area contributed by atoms with E-state index < -0.39 is 0 Å². The van der Waals surface area contributed by atoms with Crippen LogP contribution in [0.1, 0.15) is 22.3 Å². The maximum atomic E-state index is 2.42. The summed E-state index contributed by atoms with van der Waals surface area (Å²) in [6, 6.07) is 36.9. The van der Waals surface area contributed by atoms with Gasteiger partial charge >= 0.3 is 0 Å². The zero-order chi connectivity index (χ0) is 17.9. The fourth-order valence-corrected chi connectivity index (χ4v) is 8.67. The molecule has 4 aromatic rings. The molecule has 0 unspecified atom stereocenters. The first-order valence-corrected chi connectivity index (χ1v) is 10.3. The largest absolute Gasteiger partial charge is 0.0619 e. The van der Waals surface area contributed by atoms with Gasteiger partial charge in [0.2, 0.25) is 0 Å². The summed E-state index contributed by atoms with van der Waals surface area (Å²) in [6.45, 7) is 0. The fourth-order valence-electron chi connectivity index (χ4n) is 8.67. The van der Waals surface area contributed by atoms with Crippen molar-refractivity contribution >= 4 is 0 Å². The lowest BCUT2D eigenvalue weighted by molar-refractivity contribution is 1.00. The molecule has 0 heterocycles. The minimum Gasteiger partial charge on any atom is -0.0619 e. The van der Waals surface area contributed by atoms with Gasteiger partial charge in [-0.2, -0.15) is 0 Å². The van der Waals surface area contributed by atoms with Crippen LogP contribution in [0, 0.1) is 0 Å². The van der Waals surface area contributed by atoms with Crippen LogP contribution in [0.2, 0.25) is 0 Å². The molecular formula is C28H16. The van der Waals surface area contributed by atoms with Gasteiger partial charge in [-0.25, -0.2) is 0 Å². The summed E-state index contributed by atoms with van der Waals surface area (Å²) >= 11 is 0. The lowest BCUT2D eigenvalue weighted by Gasteiger charge is -2.17. The second-order valence-corrected chi connectivity index (χ2v) is 9.18. The zero-order valence-electron chi connectivity index (χ0n) is 15.2. The van der Waals surface area contributed by atoms with Crippen molar-refractivity contribution in [1.29, 1.82) is 0 Å². The highest BCUT2D eigenvalue weighted by molar-refractivity contribution is 6.17. The molecule has 4 fully saturated rings. The summed E-state index contributed by atoms with van der Waals surface area (Å²) in [5, 5.41) is 0. The van der Waals surface area contributed by atoms with Crippen molar-refractivity contribution < 1.29 is 0 Å². The van der Waals surface area contributed by atoms with Gasteiger partial charge in [-0.05, 0) is 44.5 Å². The molecular weight excluding hydrogens is 336 g/mol. The third kappa shape index (κ3) is 0.775. The van der Waals surface area contributed by atoms with Crippen LogP contribution >= 0.6 is 0 Å². The average Bonchev–Trinajstić information content (AvgIpc) is 3.70. The van der Waals surface area contributed by atoms with E-state index in [1.807, 2.05) is 0 Å². The number of rotatable bonds is 0. The zero-order valence-corrected chi connectivity index (χ0v) is 15.2. The summed E-state index contributed by atoms with van der Waals surface area (Å²) in [5.41, 5.74) is 13.4. The molecule has 0 atom stereocenters. The molecule has 0 saturated heterocycles. The standard InChI is InChI=1S/C28H16/c1-5-13-21-17(9-1)18-10-2-6-14-22(18)26-25(21)27(26)23-15-7-3-11-19(23)20-12-4-8-16-24(20)28(25,26)27/h1-16H. The molecule has 4 aromatic carbocycles. The van der Waals surface area contributed by atoms with Gasteiger partial charge in [-0.3, -0.25) is 0 Å². The first-order valence-electron chi connectivity index (χ1n) is 10.3. The van der Waals surface area contributed by atoms with Gasteiger partial charge in [-0.15, -0.1) is 0 Å². The summed E-state index contributed by atoms with van der Waals surface area (Å²) in [4.78, 5) is 0. The van der Waals surface area contributed by atoms with Crippen LogP contribution in [0.4, 0.5) is 0 Å². The highest BCUT2D eigenvalue weighted by Gasteiger charge is 3.38. The molecule has 0 heteroatoms. The van der Waals surface area contributed by atoms with Crippen LogP contribution in [-0.4, -0.2) is 0 Å². The predicted molar refractivity (Wildman–Crippen MR) is 110 cm³/mol. The molecule has 0 aromatic heterocycles. The normalized spacial score (nSPS) is 37.1. The van der Waals surface area contributed by atoms with E-state index in [9.17, 15) is 0 Å². The van der Waals surface area contributed by atoms with E-state index in [0.717, 1.165) is 0 Å². The molecule has 0 amide bonds. The molecule has 0 N–H and O–H groups in total. The Labute approximate surface area is 163 Å². The van der Waals surface area contributed by atoms with Crippen LogP contribution in [-0.2, 0) is 21.7 Å². The van der Waals surface area contributed by atoms with E-state index in [1.54, 1.807) is 22.3 Å². The van der Waals surface area contributed by atoms with E-state index in [2.05, 4.69) is 97.1 Å². The first-order chi connectivity index (χ1) is 13.9. The maximum Gasteiger partial charge on any atom is 0.0306 e. The van der Waals surface area contributed by atoms with Crippen LogP contribution < -0.4 is 0 Å². The molecule has 4 saturated carbocycles. The third-order valence-corrected chi connectivity index (χ3v) is 9.03. The lowest BCUT2D eigenvalue weighted by Crippen LogP contribution is -2.04. The maximum absolute atomic E-state index is 2.42. The van der Waals surface area contributed by atoms with Crippen molar-refractivity contribution in [2.45, 2.75) is 21.7 Å². The van der Waals surface area contributed by atoms with Gasteiger partial charge in [-0.1, -0.05) is 97.1 Å². The second-order valence-electron chi connectivity index (χ2n) is 9.18. The van der Waals surface area contributed by atoms with Gasteiger partial charge in [0.1, 0.15) is 0 Å². The van der Waals surface area contributed by atoms with Crippen LogP contribution in [0.15, 0.2) is 97.1 Å². The van der Waals surface area contributed by atoms with Gasteiger partial charge in [0.25, 0.3) is 0 Å². The van der Waals surface area contributed by atoms with Crippen molar-refractivity contribution in [1.82, 2.24) is 0 Å². The van der Waals surface area contributed by atoms with Crippen molar-refractivity contribution in [3.8, 4) is 22.3 Å². The Hall–Kier alpha value is -3.12. The molecule has 128 valence electrons. The Morgan fingerprint density at radius 2 is 0.500 bits per heavy atom. The second kappa shape index (κ2) is 3.37. The van der Waals surface area contributed by atoms with Crippen LogP contribution in [0.5, 0.6) is 0 Å². The topological polar surface area (TPSA) is 0 Å². The minimum absolute atomic E-state index is 0.292. The van der Waals surface area contributed by atoms with Crippen LogP contribution in [0.3, 0.4) is 0 Å². The average molecular weight is 352 g/mol. The highest BCUT2D eigenvalue weighted by atomic mass is 15.4. The summed E-state index contributed by atoms with van der Waals surface area (Å²) in [7, 11) is 0. The smallest absolute Gasteiger partial charge is 0.0306 e. The predicted octanol–water partition coefficient (Wildman–Crippen LogP) is 5.74. The highest BCUT2D eigenvalue weighted by Crippen LogP contribution is 3.30. The molecule has 0 bridgehead atoms. The van der Waals surface area contributed by atoms with E-state index in [1.165, 1.54) is 22.3 Å². The summed E-state index contributed by atoms with van der Waals surface area (Å²) in [5.74, 6) is 0. The fraction of sp³-hybridized carbons (Fsp3) is 0.143. The molecule has 10 rings (SSSR count). The van der Waals surface area contributed by atoms with Gasteiger partial charge in [0.05, 0.1) is 0 Å². The third-order valence-electron chi connectivity index (χ3n) is 9.03. The molecule has 4 spiro atoms. The Kier molecular flexibility index (Phi) is 1.58. The minimum atomic E-state index is 0.292. The quantitative estimate of drug-likeness (QED) is 0.378. The number of hydrogen-bond acceptors (Lipinski definition) is 0. The molecule has 0 aliphatic heterocycles. The summed E-state index contributed by atoms with van der Waals surface area (Å²) in [6.07, 6.45) is 0. The van der Waals surface area contributed by atoms with Crippen molar-refractivity contribution in [2.75, 3.05) is 0 Å². The Bertz CT molecular complexity index is 1180. The van der Waals surface area contributed by atoms with Crippen LogP contribution in [0.25, 0.3) is 22.3 Å². The Balaban J connectivity index is 1.52. The van der Waals surface area contributed by atoms with E-state index in [4.69, 9.17) is 0 Å². The SMILES string of the molecule is c1ccc2c(c1)-c1ccccc1C13C24C12c1ccccc1-c1ccccc1C432. The summed E-state index contributed by atoms with van der Waals surface area (Å²) < 4.78 is 0. The monoisotopic (exact) mass is 352 g/mol. The molecule has 28 heavy (non-hydrogen) atoms. The van der Waals surface area contributed by atoms with E-state index >= 15 is 0 Å². The van der Waals surface area contributed by atoms with Gasteiger partial charge in [0, 0.05) is 21.7 Å². The Morgan fingerprint density at radius 1 is 0.286 bits per heavy atom. The number of fused-ring (bicyclic) bond motifs is 6. The number of benzene rings is 4. The lowest BCUT2D eigenvalue weighted by atomic mass is 9.86. The van der Waals surface area contributed by atoms with Crippen molar-refractivity contribution in [3.63, 3.8) is 0 Å². The molecule has 0 radical (unpaired) electrons. The molecule has 6 aliphatic rings. The molecule has 6 aliphatic carbocycles. The van der Waals surface area contributed by atoms with Crippen molar-refractivity contribution in [2.24, 2.45) is 0 Å². The first kappa shape index (κ1) is 13.1. The Morgan fingerprint density at radius 3 is 0.750 bits per heavy atom. The number of hydrogen-bond donors (Lipinski definition) is 0. The van der Waals surface area contributed by atoms with Gasteiger partial charge in [0.15, 0.2) is 0 Å².